The van der Waals surface area contributed by atoms with Gasteiger partial charge in [0.25, 0.3) is 0 Å². The minimum Gasteiger partial charge on any atom is -0.324 e. The molecular weight excluding hydrogens is 162 g/mol. The summed E-state index contributed by atoms with van der Waals surface area (Å²) in [7, 11) is 0. The van der Waals surface area contributed by atoms with E-state index in [9.17, 15) is 0 Å². The van der Waals surface area contributed by atoms with Crippen molar-refractivity contribution in [2.45, 2.75) is 6.42 Å². The number of benzene rings is 1. The van der Waals surface area contributed by atoms with Crippen molar-refractivity contribution in [2.24, 2.45) is 5.84 Å². The summed E-state index contributed by atoms with van der Waals surface area (Å²) in [6.45, 7) is 0. The van der Waals surface area contributed by atoms with Gasteiger partial charge in [0, 0.05) is 11.3 Å². The number of nitrogens with two attached hydrogens (primary N) is 1. The molecular formula is C10H9N3. The topological polar surface area (TPSA) is 61.8 Å². The van der Waals surface area contributed by atoms with Crippen LogP contribution < -0.4 is 11.3 Å². The predicted octanol–water partition coefficient (Wildman–Crippen LogP) is 1.24. The van der Waals surface area contributed by atoms with Crippen LogP contribution in [-0.4, -0.2) is 0 Å². The zero-order valence-corrected chi connectivity index (χ0v) is 7.04. The van der Waals surface area contributed by atoms with Crippen LogP contribution in [0.5, 0.6) is 0 Å². The number of anilines is 1. The van der Waals surface area contributed by atoms with Gasteiger partial charge in [0.1, 0.15) is 0 Å². The highest BCUT2D eigenvalue weighted by molar-refractivity contribution is 5.47. The number of nitrogens with one attached hydrogen (secondary N) is 1. The van der Waals surface area contributed by atoms with Crippen LogP contribution in [0.25, 0.3) is 0 Å². The van der Waals surface area contributed by atoms with Gasteiger partial charge >= 0.3 is 0 Å². The van der Waals surface area contributed by atoms with E-state index in [0.717, 1.165) is 11.3 Å². The lowest BCUT2D eigenvalue weighted by atomic mass is 10.2. The molecule has 13 heavy (non-hydrogen) atoms. The maximum absolute atomic E-state index is 8.25. The second-order valence-corrected chi connectivity index (χ2v) is 2.36. The molecule has 0 aliphatic rings. The fraction of sp³-hybridized carbons (Fsp3) is 0.100. The molecule has 0 atom stereocenters. The Morgan fingerprint density at radius 3 is 2.54 bits per heavy atom. The molecule has 0 unspecified atom stereocenters. The molecule has 1 aromatic carbocycles. The third-order valence-corrected chi connectivity index (χ3v) is 1.45. The van der Waals surface area contributed by atoms with Crippen molar-refractivity contribution in [2.75, 3.05) is 5.43 Å². The van der Waals surface area contributed by atoms with Gasteiger partial charge in [-0.15, -0.1) is 0 Å². The van der Waals surface area contributed by atoms with Crippen molar-refractivity contribution in [1.29, 1.82) is 5.26 Å². The summed E-state index contributed by atoms with van der Waals surface area (Å²) in [6, 6.07) is 9.31. The molecule has 0 bridgehead atoms. The molecule has 0 radical (unpaired) electrons. The van der Waals surface area contributed by atoms with Crippen molar-refractivity contribution >= 4 is 5.69 Å². The van der Waals surface area contributed by atoms with Crippen LogP contribution in [-0.2, 0) is 0 Å². The molecule has 0 aromatic heterocycles. The van der Waals surface area contributed by atoms with Crippen LogP contribution in [0.4, 0.5) is 5.69 Å². The first kappa shape index (κ1) is 9.12. The Labute approximate surface area is 77.1 Å². The summed E-state index contributed by atoms with van der Waals surface area (Å²) in [5.74, 6) is 10.8. The third kappa shape index (κ3) is 2.86. The fourth-order valence-electron chi connectivity index (χ4n) is 0.836. The lowest BCUT2D eigenvalue weighted by Gasteiger charge is -1.97. The molecule has 0 saturated heterocycles. The molecule has 0 heterocycles. The van der Waals surface area contributed by atoms with Gasteiger partial charge in [0.15, 0.2) is 0 Å². The van der Waals surface area contributed by atoms with Crippen LogP contribution >= 0.6 is 0 Å². The molecule has 3 heteroatoms. The summed E-state index contributed by atoms with van der Waals surface area (Å²) < 4.78 is 0. The van der Waals surface area contributed by atoms with E-state index in [1.54, 1.807) is 0 Å². The van der Waals surface area contributed by atoms with E-state index in [1.165, 1.54) is 0 Å². The van der Waals surface area contributed by atoms with Gasteiger partial charge in [-0.05, 0) is 24.3 Å². The zero-order chi connectivity index (χ0) is 9.52. The SMILES string of the molecule is N#CCC#Cc1ccc(NN)cc1. The first-order valence-corrected chi connectivity index (χ1v) is 3.79. The van der Waals surface area contributed by atoms with E-state index in [1.807, 2.05) is 30.3 Å². The Hall–Kier alpha value is -1.97. The predicted molar refractivity (Wildman–Crippen MR) is 51.4 cm³/mol. The first-order valence-electron chi connectivity index (χ1n) is 3.79. The number of nitrogens with zero attached hydrogens (tertiary/aromatic N) is 1. The minimum absolute atomic E-state index is 0.261. The van der Waals surface area contributed by atoms with Gasteiger partial charge in [-0.1, -0.05) is 11.8 Å². The minimum atomic E-state index is 0.261. The summed E-state index contributed by atoms with van der Waals surface area (Å²) in [4.78, 5) is 0. The average molecular weight is 171 g/mol. The van der Waals surface area contributed by atoms with E-state index < -0.39 is 0 Å². The van der Waals surface area contributed by atoms with Crippen LogP contribution in [0, 0.1) is 23.2 Å². The lowest BCUT2D eigenvalue weighted by molar-refractivity contribution is 1.35. The van der Waals surface area contributed by atoms with Crippen molar-refractivity contribution < 1.29 is 0 Å². The number of nitrogen functional groups attached to an aromatic ring is 1. The summed E-state index contributed by atoms with van der Waals surface area (Å²) in [5.41, 5.74) is 4.24. The smallest absolute Gasteiger partial charge is 0.0966 e. The van der Waals surface area contributed by atoms with E-state index in [4.69, 9.17) is 11.1 Å². The standard InChI is InChI=1S/C10H9N3/c11-8-2-1-3-9-4-6-10(13-12)7-5-9/h4-7,13H,2,12H2. The van der Waals surface area contributed by atoms with E-state index in [0.29, 0.717) is 0 Å². The average Bonchev–Trinajstić information content (AvgIpc) is 2.19. The van der Waals surface area contributed by atoms with Crippen molar-refractivity contribution in [3.05, 3.63) is 29.8 Å². The van der Waals surface area contributed by atoms with Crippen molar-refractivity contribution in [3.63, 3.8) is 0 Å². The molecule has 3 nitrogen and oxygen atoms in total. The number of hydrogen-bond acceptors (Lipinski definition) is 3. The molecule has 0 spiro atoms. The van der Waals surface area contributed by atoms with E-state index >= 15 is 0 Å². The third-order valence-electron chi connectivity index (χ3n) is 1.45. The van der Waals surface area contributed by atoms with E-state index in [-0.39, 0.29) is 6.42 Å². The quantitative estimate of drug-likeness (QED) is 0.379. The summed E-state index contributed by atoms with van der Waals surface area (Å²) >= 11 is 0. The fourth-order valence-corrected chi connectivity index (χ4v) is 0.836. The number of nitriles is 1. The number of hydrogen-bond donors (Lipinski definition) is 2. The molecule has 0 aliphatic carbocycles. The van der Waals surface area contributed by atoms with Crippen molar-refractivity contribution in [1.82, 2.24) is 0 Å². The van der Waals surface area contributed by atoms with Gasteiger partial charge in [-0.2, -0.15) is 5.26 Å². The molecule has 0 aliphatic heterocycles. The van der Waals surface area contributed by atoms with Crippen LogP contribution in [0.15, 0.2) is 24.3 Å². The molecule has 1 aromatic rings. The zero-order valence-electron chi connectivity index (χ0n) is 7.04. The van der Waals surface area contributed by atoms with Gasteiger partial charge in [0.05, 0.1) is 12.5 Å². The Morgan fingerprint density at radius 2 is 2.00 bits per heavy atom. The Kier molecular flexibility index (Phi) is 3.38. The highest BCUT2D eigenvalue weighted by atomic mass is 15.2. The number of rotatable bonds is 1. The van der Waals surface area contributed by atoms with Gasteiger partial charge in [-0.3, -0.25) is 5.84 Å². The lowest BCUT2D eigenvalue weighted by Crippen LogP contribution is -2.05. The van der Waals surface area contributed by atoms with Gasteiger partial charge in [0.2, 0.25) is 0 Å². The van der Waals surface area contributed by atoms with Crippen LogP contribution in [0.2, 0.25) is 0 Å². The Morgan fingerprint density at radius 1 is 1.31 bits per heavy atom. The number of hydrazine groups is 1. The summed E-state index contributed by atoms with van der Waals surface area (Å²) in [6.07, 6.45) is 0.261. The summed E-state index contributed by atoms with van der Waals surface area (Å²) in [5, 5.41) is 8.25. The van der Waals surface area contributed by atoms with Crippen LogP contribution in [0.3, 0.4) is 0 Å². The molecule has 64 valence electrons. The Balaban J connectivity index is 2.72. The molecule has 3 N–H and O–H groups in total. The Bertz CT molecular complexity index is 362. The highest BCUT2D eigenvalue weighted by Gasteiger charge is 1.87. The maximum Gasteiger partial charge on any atom is 0.0966 e. The maximum atomic E-state index is 8.25. The highest BCUT2D eigenvalue weighted by Crippen LogP contribution is 2.06. The molecule has 0 saturated carbocycles. The van der Waals surface area contributed by atoms with Crippen molar-refractivity contribution in [3.8, 4) is 17.9 Å². The normalized spacial score (nSPS) is 8.00. The molecule has 1 rings (SSSR count). The van der Waals surface area contributed by atoms with Gasteiger partial charge < -0.3 is 5.43 Å². The second kappa shape index (κ2) is 4.82. The van der Waals surface area contributed by atoms with E-state index in [2.05, 4.69) is 17.3 Å². The van der Waals surface area contributed by atoms with Crippen LogP contribution in [0.1, 0.15) is 12.0 Å². The molecule has 0 amide bonds. The second-order valence-electron chi connectivity index (χ2n) is 2.36. The molecule has 0 fully saturated rings. The monoisotopic (exact) mass is 171 g/mol. The van der Waals surface area contributed by atoms with Gasteiger partial charge in [-0.25, -0.2) is 0 Å². The first-order chi connectivity index (χ1) is 6.36. The largest absolute Gasteiger partial charge is 0.324 e.